The third kappa shape index (κ3) is 3.71. The van der Waals surface area contributed by atoms with Gasteiger partial charge in [-0.25, -0.2) is 0 Å². The van der Waals surface area contributed by atoms with Crippen LogP contribution in [-0.4, -0.2) is 36.1 Å². The summed E-state index contributed by atoms with van der Waals surface area (Å²) in [5, 5.41) is 6.83. The van der Waals surface area contributed by atoms with Crippen LogP contribution in [0.25, 0.3) is 0 Å². The van der Waals surface area contributed by atoms with Gasteiger partial charge in [0.25, 0.3) is 0 Å². The minimum absolute atomic E-state index is 0.0812. The summed E-state index contributed by atoms with van der Waals surface area (Å²) >= 11 is 0. The molecule has 1 aromatic rings. The average molecular weight is 211 g/mol. The van der Waals surface area contributed by atoms with Gasteiger partial charge >= 0.3 is 0 Å². The number of aromatic nitrogens is 1. The van der Waals surface area contributed by atoms with Crippen LogP contribution in [0.15, 0.2) is 10.6 Å². The average Bonchev–Trinajstić information content (AvgIpc) is 2.63. The van der Waals surface area contributed by atoms with Gasteiger partial charge in [-0.05, 0) is 13.8 Å². The number of aryl methyl sites for hydroxylation is 1. The van der Waals surface area contributed by atoms with Crippen LogP contribution < -0.4 is 5.32 Å². The Balaban J connectivity index is 2.24. The van der Waals surface area contributed by atoms with Crippen molar-refractivity contribution in [1.82, 2.24) is 15.4 Å². The lowest BCUT2D eigenvalue weighted by Crippen LogP contribution is -2.35. The fraction of sp³-hybridized carbons (Fsp3) is 0.600. The Hall–Kier alpha value is -1.36. The number of likely N-dealkylation sites (N-methyl/N-ethyl adjacent to an activating group) is 1. The van der Waals surface area contributed by atoms with Crippen molar-refractivity contribution in [3.8, 4) is 0 Å². The summed E-state index contributed by atoms with van der Waals surface area (Å²) in [7, 11) is 1.78. The Morgan fingerprint density at radius 3 is 2.93 bits per heavy atom. The molecule has 0 saturated heterocycles. The van der Waals surface area contributed by atoms with Gasteiger partial charge in [0, 0.05) is 26.2 Å². The van der Waals surface area contributed by atoms with Crippen molar-refractivity contribution in [2.24, 2.45) is 0 Å². The molecule has 1 heterocycles. The first-order valence-electron chi connectivity index (χ1n) is 5.00. The first-order valence-corrected chi connectivity index (χ1v) is 5.00. The number of hydrogen-bond donors (Lipinski definition) is 1. The third-order valence-electron chi connectivity index (χ3n) is 2.16. The van der Waals surface area contributed by atoms with Crippen molar-refractivity contribution in [2.45, 2.75) is 20.4 Å². The Bertz CT molecular complexity index is 322. The van der Waals surface area contributed by atoms with Gasteiger partial charge in [-0.3, -0.25) is 4.79 Å². The lowest BCUT2D eigenvalue weighted by molar-refractivity contribution is -0.128. The number of carbonyl (C=O) groups is 1. The maximum Gasteiger partial charge on any atom is 0.236 e. The molecule has 0 spiro atoms. The number of amides is 1. The van der Waals surface area contributed by atoms with Crippen LogP contribution in [0.1, 0.15) is 18.4 Å². The second kappa shape index (κ2) is 5.50. The summed E-state index contributed by atoms with van der Waals surface area (Å²) in [5.74, 6) is 0.863. The van der Waals surface area contributed by atoms with Crippen LogP contribution in [-0.2, 0) is 11.3 Å². The molecular formula is C10H17N3O2. The van der Waals surface area contributed by atoms with Crippen LogP contribution in [0.4, 0.5) is 0 Å². The molecule has 0 atom stereocenters. The fourth-order valence-electron chi connectivity index (χ4n) is 1.11. The predicted molar refractivity (Wildman–Crippen MR) is 56.3 cm³/mol. The lowest BCUT2D eigenvalue weighted by atomic mass is 10.4. The van der Waals surface area contributed by atoms with E-state index in [-0.39, 0.29) is 5.91 Å². The summed E-state index contributed by atoms with van der Waals surface area (Å²) in [4.78, 5) is 13.1. The van der Waals surface area contributed by atoms with Gasteiger partial charge in [0.05, 0.1) is 12.2 Å². The van der Waals surface area contributed by atoms with Crippen molar-refractivity contribution in [1.29, 1.82) is 0 Å². The van der Waals surface area contributed by atoms with E-state index in [1.807, 2.05) is 19.9 Å². The monoisotopic (exact) mass is 211 g/mol. The molecule has 1 rings (SSSR count). The van der Waals surface area contributed by atoms with Crippen molar-refractivity contribution >= 4 is 5.91 Å². The molecule has 0 unspecified atom stereocenters. The van der Waals surface area contributed by atoms with E-state index >= 15 is 0 Å². The minimum Gasteiger partial charge on any atom is -0.361 e. The van der Waals surface area contributed by atoms with Crippen LogP contribution >= 0.6 is 0 Å². The number of rotatable bonds is 5. The molecule has 0 fully saturated rings. The molecule has 0 saturated carbocycles. The second-order valence-corrected chi connectivity index (χ2v) is 3.44. The molecule has 0 aliphatic heterocycles. The first kappa shape index (κ1) is 11.7. The largest absolute Gasteiger partial charge is 0.361 e. The molecule has 15 heavy (non-hydrogen) atoms. The van der Waals surface area contributed by atoms with E-state index in [1.165, 1.54) is 0 Å². The Labute approximate surface area is 89.4 Å². The molecule has 0 aliphatic rings. The quantitative estimate of drug-likeness (QED) is 0.772. The lowest BCUT2D eigenvalue weighted by Gasteiger charge is -2.14. The van der Waals surface area contributed by atoms with Gasteiger partial charge in [0.1, 0.15) is 5.76 Å². The summed E-state index contributed by atoms with van der Waals surface area (Å²) in [6, 6.07) is 1.85. The van der Waals surface area contributed by atoms with Crippen LogP contribution in [0.2, 0.25) is 0 Å². The smallest absolute Gasteiger partial charge is 0.236 e. The number of hydrogen-bond acceptors (Lipinski definition) is 4. The van der Waals surface area contributed by atoms with E-state index in [1.54, 1.807) is 11.9 Å². The molecule has 1 aromatic heterocycles. The second-order valence-electron chi connectivity index (χ2n) is 3.44. The zero-order valence-corrected chi connectivity index (χ0v) is 9.41. The number of carbonyl (C=O) groups excluding carboxylic acids is 1. The third-order valence-corrected chi connectivity index (χ3v) is 2.16. The summed E-state index contributed by atoms with van der Waals surface area (Å²) in [6.07, 6.45) is 0. The summed E-state index contributed by atoms with van der Waals surface area (Å²) in [5.41, 5.74) is 0.819. The molecule has 0 bridgehead atoms. The first-order chi connectivity index (χ1) is 7.13. The summed E-state index contributed by atoms with van der Waals surface area (Å²) in [6.45, 7) is 5.39. The SMILES string of the molecule is CCN(C)C(=O)CNCc1cc(C)on1. The van der Waals surface area contributed by atoms with E-state index in [4.69, 9.17) is 4.52 Å². The van der Waals surface area contributed by atoms with Gasteiger partial charge in [0.2, 0.25) is 5.91 Å². The molecule has 0 aromatic carbocycles. The van der Waals surface area contributed by atoms with Crippen LogP contribution in [0, 0.1) is 6.92 Å². The molecule has 84 valence electrons. The minimum atomic E-state index is 0.0812. The highest BCUT2D eigenvalue weighted by atomic mass is 16.5. The topological polar surface area (TPSA) is 58.4 Å². The fourth-order valence-corrected chi connectivity index (χ4v) is 1.11. The summed E-state index contributed by atoms with van der Waals surface area (Å²) < 4.78 is 4.91. The maximum atomic E-state index is 11.4. The number of nitrogens with zero attached hydrogens (tertiary/aromatic N) is 2. The highest BCUT2D eigenvalue weighted by Crippen LogP contribution is 2.00. The molecule has 0 radical (unpaired) electrons. The van der Waals surface area contributed by atoms with Gasteiger partial charge in [0.15, 0.2) is 0 Å². The van der Waals surface area contributed by atoms with E-state index in [0.717, 1.165) is 18.0 Å². The van der Waals surface area contributed by atoms with E-state index < -0.39 is 0 Å². The highest BCUT2D eigenvalue weighted by Gasteiger charge is 2.06. The Morgan fingerprint density at radius 2 is 2.40 bits per heavy atom. The predicted octanol–water partition coefficient (Wildman–Crippen LogP) is 0.551. The van der Waals surface area contributed by atoms with E-state index in [9.17, 15) is 4.79 Å². The van der Waals surface area contributed by atoms with E-state index in [2.05, 4.69) is 10.5 Å². The molecule has 0 aliphatic carbocycles. The van der Waals surface area contributed by atoms with Gasteiger partial charge in [-0.15, -0.1) is 0 Å². The van der Waals surface area contributed by atoms with E-state index in [0.29, 0.717) is 13.1 Å². The van der Waals surface area contributed by atoms with Crippen molar-refractivity contribution in [2.75, 3.05) is 20.1 Å². The molecule has 1 amide bonds. The zero-order chi connectivity index (χ0) is 11.3. The van der Waals surface area contributed by atoms with Gasteiger partial charge in [-0.2, -0.15) is 0 Å². The van der Waals surface area contributed by atoms with Crippen molar-refractivity contribution < 1.29 is 9.32 Å². The van der Waals surface area contributed by atoms with Crippen LogP contribution in [0.5, 0.6) is 0 Å². The normalized spacial score (nSPS) is 10.3. The van der Waals surface area contributed by atoms with Crippen molar-refractivity contribution in [3.05, 3.63) is 17.5 Å². The van der Waals surface area contributed by atoms with Gasteiger partial charge < -0.3 is 14.7 Å². The Morgan fingerprint density at radius 1 is 1.67 bits per heavy atom. The standard InChI is InChI=1S/C10H17N3O2/c1-4-13(3)10(14)7-11-6-9-5-8(2)15-12-9/h5,11H,4,6-7H2,1-3H3. The molecule has 1 N–H and O–H groups in total. The van der Waals surface area contributed by atoms with Gasteiger partial charge in [-0.1, -0.05) is 5.16 Å². The molecule has 5 nitrogen and oxygen atoms in total. The number of nitrogens with one attached hydrogen (secondary N) is 1. The Kier molecular flexibility index (Phi) is 4.30. The highest BCUT2D eigenvalue weighted by molar-refractivity contribution is 5.77. The maximum absolute atomic E-state index is 11.4. The zero-order valence-electron chi connectivity index (χ0n) is 9.41. The van der Waals surface area contributed by atoms with Crippen molar-refractivity contribution in [3.63, 3.8) is 0 Å². The van der Waals surface area contributed by atoms with Crippen LogP contribution in [0.3, 0.4) is 0 Å². The molecule has 5 heteroatoms. The molecular weight excluding hydrogens is 194 g/mol.